The molecule has 0 bridgehead atoms. The Kier molecular flexibility index (Phi) is 4.66. The van der Waals surface area contributed by atoms with Crippen molar-refractivity contribution in [1.82, 2.24) is 30.8 Å². The van der Waals surface area contributed by atoms with E-state index in [1.165, 1.54) is 0 Å². The van der Waals surface area contributed by atoms with Gasteiger partial charge < -0.3 is 0 Å². The molecule has 8 nitrogen and oxygen atoms in total. The van der Waals surface area contributed by atoms with E-state index in [0.717, 1.165) is 29.8 Å². The molecule has 5 rings (SSSR count). The molecular formula is C23H20N6O2. The predicted molar refractivity (Wildman–Crippen MR) is 115 cm³/mol. The zero-order valence-corrected chi connectivity index (χ0v) is 16.9. The minimum Gasteiger partial charge on any atom is -0.267 e. The molecule has 0 spiro atoms. The van der Waals surface area contributed by atoms with Crippen molar-refractivity contribution in [2.45, 2.75) is 25.7 Å². The number of fused-ring (bicyclic) bond motifs is 1. The average Bonchev–Trinajstić information content (AvgIpc) is 3.55. The highest BCUT2D eigenvalue weighted by Gasteiger charge is 2.34. The SMILES string of the molecule is Cc1ccc(-n2nnc(C(=O)NNC(=O)c3cccc4ncccc34)c2C2CC2)cc1. The average molecular weight is 412 g/mol. The number of hydrogen-bond acceptors (Lipinski definition) is 5. The topological polar surface area (TPSA) is 102 Å². The minimum absolute atomic E-state index is 0.225. The smallest absolute Gasteiger partial charge is 0.267 e. The van der Waals surface area contributed by atoms with Crippen LogP contribution in [-0.4, -0.2) is 31.8 Å². The molecule has 31 heavy (non-hydrogen) atoms. The molecule has 0 saturated heterocycles. The third kappa shape index (κ3) is 3.63. The number of nitrogens with zero attached hydrogens (tertiary/aromatic N) is 4. The lowest BCUT2D eigenvalue weighted by Crippen LogP contribution is -2.42. The molecule has 1 saturated carbocycles. The summed E-state index contributed by atoms with van der Waals surface area (Å²) in [5.74, 6) is -0.685. The number of carbonyl (C=O) groups excluding carboxylic acids is 2. The van der Waals surface area contributed by atoms with E-state index in [4.69, 9.17) is 0 Å². The summed E-state index contributed by atoms with van der Waals surface area (Å²) in [5.41, 5.74) is 9.09. The lowest BCUT2D eigenvalue weighted by Gasteiger charge is -2.10. The largest absolute Gasteiger partial charge is 0.292 e. The lowest BCUT2D eigenvalue weighted by molar-refractivity contribution is 0.0844. The summed E-state index contributed by atoms with van der Waals surface area (Å²) in [7, 11) is 0. The zero-order valence-electron chi connectivity index (χ0n) is 16.9. The van der Waals surface area contributed by atoms with Crippen molar-refractivity contribution in [3.8, 4) is 5.69 Å². The van der Waals surface area contributed by atoms with Crippen LogP contribution in [0.15, 0.2) is 60.8 Å². The monoisotopic (exact) mass is 412 g/mol. The van der Waals surface area contributed by atoms with E-state index in [1.54, 1.807) is 29.1 Å². The predicted octanol–water partition coefficient (Wildman–Crippen LogP) is 3.08. The summed E-state index contributed by atoms with van der Waals surface area (Å²) in [6.07, 6.45) is 3.63. The van der Waals surface area contributed by atoms with Crippen molar-refractivity contribution in [3.05, 3.63) is 83.3 Å². The Morgan fingerprint density at radius 1 is 0.968 bits per heavy atom. The van der Waals surface area contributed by atoms with E-state index in [1.807, 2.05) is 43.3 Å². The summed E-state index contributed by atoms with van der Waals surface area (Å²) in [6.45, 7) is 2.01. The summed E-state index contributed by atoms with van der Waals surface area (Å²) in [4.78, 5) is 29.8. The normalized spacial score (nSPS) is 13.2. The first-order valence-electron chi connectivity index (χ1n) is 10.1. The second-order valence-corrected chi connectivity index (χ2v) is 7.63. The first-order chi connectivity index (χ1) is 15.1. The number of rotatable bonds is 4. The summed E-state index contributed by atoms with van der Waals surface area (Å²) in [5, 5.41) is 9.03. The molecule has 154 valence electrons. The van der Waals surface area contributed by atoms with E-state index < -0.39 is 11.8 Å². The maximum atomic E-state index is 12.8. The van der Waals surface area contributed by atoms with Crippen LogP contribution < -0.4 is 10.9 Å². The highest BCUT2D eigenvalue weighted by Crippen LogP contribution is 2.41. The Balaban J connectivity index is 1.37. The van der Waals surface area contributed by atoms with Crippen LogP contribution in [-0.2, 0) is 0 Å². The number of hydrogen-bond donors (Lipinski definition) is 2. The molecule has 0 unspecified atom stereocenters. The van der Waals surface area contributed by atoms with Crippen LogP contribution in [0.3, 0.4) is 0 Å². The van der Waals surface area contributed by atoms with Gasteiger partial charge in [0, 0.05) is 17.5 Å². The van der Waals surface area contributed by atoms with Gasteiger partial charge in [0.15, 0.2) is 5.69 Å². The third-order valence-electron chi connectivity index (χ3n) is 5.34. The van der Waals surface area contributed by atoms with Gasteiger partial charge >= 0.3 is 0 Å². The second-order valence-electron chi connectivity index (χ2n) is 7.63. The van der Waals surface area contributed by atoms with E-state index in [-0.39, 0.29) is 11.6 Å². The molecular weight excluding hydrogens is 392 g/mol. The Labute approximate surface area is 178 Å². The van der Waals surface area contributed by atoms with Crippen molar-refractivity contribution < 1.29 is 9.59 Å². The van der Waals surface area contributed by atoms with Crippen LogP contribution in [0.2, 0.25) is 0 Å². The fraction of sp³-hybridized carbons (Fsp3) is 0.174. The number of amides is 2. The van der Waals surface area contributed by atoms with Crippen LogP contribution in [0.1, 0.15) is 50.9 Å². The molecule has 8 heteroatoms. The molecule has 4 aromatic rings. The zero-order chi connectivity index (χ0) is 21.4. The van der Waals surface area contributed by atoms with Crippen molar-refractivity contribution in [2.24, 2.45) is 0 Å². The quantitative estimate of drug-likeness (QED) is 0.502. The molecule has 0 radical (unpaired) electrons. The second kappa shape index (κ2) is 7.64. The van der Waals surface area contributed by atoms with Gasteiger partial charge in [0.2, 0.25) is 0 Å². The molecule has 2 N–H and O–H groups in total. The van der Waals surface area contributed by atoms with Gasteiger partial charge in [-0.05, 0) is 50.1 Å². The number of carbonyl (C=O) groups is 2. The first-order valence-corrected chi connectivity index (χ1v) is 10.1. The van der Waals surface area contributed by atoms with Crippen molar-refractivity contribution >= 4 is 22.7 Å². The number of aryl methyl sites for hydroxylation is 1. The van der Waals surface area contributed by atoms with Gasteiger partial charge in [0.05, 0.1) is 22.5 Å². The van der Waals surface area contributed by atoms with Gasteiger partial charge in [0.1, 0.15) is 0 Å². The minimum atomic E-state index is -0.494. The molecule has 2 amide bonds. The van der Waals surface area contributed by atoms with E-state index in [2.05, 4.69) is 26.1 Å². The standard InChI is InChI=1S/C23H20N6O2/c1-14-7-11-16(12-8-14)29-21(15-9-10-15)20(25-28-29)23(31)27-26-22(30)18-4-2-6-19-17(18)5-3-13-24-19/h2-8,11-13,15H,9-10H2,1H3,(H,26,30)(H,27,31). The molecule has 1 aliphatic rings. The van der Waals surface area contributed by atoms with E-state index in [0.29, 0.717) is 16.5 Å². The van der Waals surface area contributed by atoms with Crippen LogP contribution in [0.5, 0.6) is 0 Å². The van der Waals surface area contributed by atoms with Gasteiger partial charge in [-0.15, -0.1) is 5.10 Å². The highest BCUT2D eigenvalue weighted by molar-refractivity contribution is 6.07. The van der Waals surface area contributed by atoms with Crippen molar-refractivity contribution in [1.29, 1.82) is 0 Å². The maximum Gasteiger partial charge on any atom is 0.292 e. The van der Waals surface area contributed by atoms with Gasteiger partial charge in [-0.25, -0.2) is 4.68 Å². The number of hydrazine groups is 1. The third-order valence-corrected chi connectivity index (χ3v) is 5.34. The molecule has 0 aliphatic heterocycles. The number of pyridine rings is 1. The number of benzene rings is 2. The van der Waals surface area contributed by atoms with E-state index >= 15 is 0 Å². The van der Waals surface area contributed by atoms with Crippen molar-refractivity contribution in [3.63, 3.8) is 0 Å². The number of nitrogens with one attached hydrogen (secondary N) is 2. The van der Waals surface area contributed by atoms with E-state index in [9.17, 15) is 9.59 Å². The summed E-state index contributed by atoms with van der Waals surface area (Å²) >= 11 is 0. The lowest BCUT2D eigenvalue weighted by atomic mass is 10.1. The van der Waals surface area contributed by atoms with Crippen molar-refractivity contribution in [2.75, 3.05) is 0 Å². The number of aromatic nitrogens is 4. The molecule has 2 aromatic carbocycles. The summed E-state index contributed by atoms with van der Waals surface area (Å²) < 4.78 is 1.71. The Bertz CT molecular complexity index is 1290. The van der Waals surface area contributed by atoms with Gasteiger partial charge in [0.25, 0.3) is 11.8 Å². The molecule has 2 aromatic heterocycles. The molecule has 1 aliphatic carbocycles. The Morgan fingerprint density at radius 3 is 2.52 bits per heavy atom. The molecule has 1 fully saturated rings. The fourth-order valence-electron chi connectivity index (χ4n) is 3.59. The summed E-state index contributed by atoms with van der Waals surface area (Å²) in [6, 6.07) is 16.7. The Hall–Kier alpha value is -4.07. The van der Waals surface area contributed by atoms with Crippen LogP contribution in [0, 0.1) is 6.92 Å². The first kappa shape index (κ1) is 18.9. The highest BCUT2D eigenvalue weighted by atomic mass is 16.2. The molecule has 2 heterocycles. The molecule has 0 atom stereocenters. The van der Waals surface area contributed by atoms with Crippen LogP contribution >= 0.6 is 0 Å². The fourth-order valence-corrected chi connectivity index (χ4v) is 3.59. The van der Waals surface area contributed by atoms with Gasteiger partial charge in [-0.2, -0.15) is 0 Å². The van der Waals surface area contributed by atoms with Crippen LogP contribution in [0.25, 0.3) is 16.6 Å². The van der Waals surface area contributed by atoms with Gasteiger partial charge in [-0.1, -0.05) is 35.0 Å². The maximum absolute atomic E-state index is 12.8. The van der Waals surface area contributed by atoms with Gasteiger partial charge in [-0.3, -0.25) is 25.4 Å². The Morgan fingerprint density at radius 2 is 1.74 bits per heavy atom. The van der Waals surface area contributed by atoms with Crippen LogP contribution in [0.4, 0.5) is 0 Å².